The van der Waals surface area contributed by atoms with E-state index in [2.05, 4.69) is 10.3 Å². The first-order valence-corrected chi connectivity index (χ1v) is 6.80. The average Bonchev–Trinajstić information content (AvgIpc) is 2.34. The summed E-state index contributed by atoms with van der Waals surface area (Å²) in [4.78, 5) is 4.37. The van der Waals surface area contributed by atoms with Gasteiger partial charge in [0, 0.05) is 18.3 Å². The number of hydrogen-bond acceptors (Lipinski definition) is 4. The summed E-state index contributed by atoms with van der Waals surface area (Å²) in [5.41, 5.74) is 6.15. The second-order valence-corrected chi connectivity index (χ2v) is 5.22. The van der Waals surface area contributed by atoms with E-state index in [1.807, 2.05) is 26.0 Å². The molecule has 0 saturated heterocycles. The Balaban J connectivity index is 2.07. The van der Waals surface area contributed by atoms with Crippen molar-refractivity contribution in [1.29, 1.82) is 0 Å². The van der Waals surface area contributed by atoms with E-state index >= 15 is 0 Å². The van der Waals surface area contributed by atoms with Crippen LogP contribution >= 0.6 is 0 Å². The Morgan fingerprint density at radius 3 is 2.89 bits per heavy atom. The van der Waals surface area contributed by atoms with Crippen molar-refractivity contribution in [3.05, 3.63) is 18.3 Å². The van der Waals surface area contributed by atoms with E-state index in [1.165, 1.54) is 12.8 Å². The van der Waals surface area contributed by atoms with E-state index in [0.29, 0.717) is 6.04 Å². The van der Waals surface area contributed by atoms with E-state index in [1.54, 1.807) is 6.20 Å². The molecule has 1 aromatic heterocycles. The number of pyridine rings is 1. The maximum Gasteiger partial charge on any atom is 0.169 e. The quantitative estimate of drug-likeness (QED) is 0.861. The highest BCUT2D eigenvalue weighted by Gasteiger charge is 2.22. The van der Waals surface area contributed by atoms with Gasteiger partial charge in [-0.2, -0.15) is 0 Å². The van der Waals surface area contributed by atoms with E-state index in [9.17, 15) is 0 Å². The zero-order valence-electron chi connectivity index (χ0n) is 11.2. The first-order valence-electron chi connectivity index (χ1n) is 6.80. The Labute approximate surface area is 109 Å². The van der Waals surface area contributed by atoms with Crippen LogP contribution in [0.1, 0.15) is 39.5 Å². The minimum atomic E-state index is 0.148. The molecule has 2 unspecified atom stereocenters. The standard InChI is InChI=1S/C14H23N3O/c1-10(2)18-13-8-5-9-16-14(13)17-12-7-4-3-6-11(12)15/h5,8-12H,3-4,6-7,15H2,1-2H3,(H,16,17). The minimum absolute atomic E-state index is 0.148. The fourth-order valence-electron chi connectivity index (χ4n) is 2.36. The smallest absolute Gasteiger partial charge is 0.169 e. The van der Waals surface area contributed by atoms with Crippen molar-refractivity contribution >= 4 is 5.82 Å². The molecule has 1 heterocycles. The molecule has 0 amide bonds. The van der Waals surface area contributed by atoms with Crippen molar-refractivity contribution in [3.63, 3.8) is 0 Å². The van der Waals surface area contributed by atoms with E-state index < -0.39 is 0 Å². The predicted octanol–water partition coefficient (Wildman–Crippen LogP) is 2.55. The molecule has 1 aromatic rings. The van der Waals surface area contributed by atoms with Crippen molar-refractivity contribution in [3.8, 4) is 5.75 Å². The van der Waals surface area contributed by atoms with Gasteiger partial charge in [0.1, 0.15) is 0 Å². The average molecular weight is 249 g/mol. The van der Waals surface area contributed by atoms with E-state index in [-0.39, 0.29) is 12.1 Å². The van der Waals surface area contributed by atoms with Gasteiger partial charge in [-0.1, -0.05) is 12.8 Å². The first kappa shape index (κ1) is 13.1. The Morgan fingerprint density at radius 1 is 1.39 bits per heavy atom. The number of anilines is 1. The van der Waals surface area contributed by atoms with Gasteiger partial charge in [0.15, 0.2) is 11.6 Å². The third-order valence-electron chi connectivity index (χ3n) is 3.27. The van der Waals surface area contributed by atoms with Gasteiger partial charge in [-0.15, -0.1) is 0 Å². The fraction of sp³-hybridized carbons (Fsp3) is 0.643. The predicted molar refractivity (Wildman–Crippen MR) is 73.9 cm³/mol. The van der Waals surface area contributed by atoms with Crippen molar-refractivity contribution in [2.45, 2.75) is 57.7 Å². The second kappa shape index (κ2) is 6.05. The molecule has 1 fully saturated rings. The molecule has 2 atom stereocenters. The van der Waals surface area contributed by atoms with Crippen LogP contribution in [0.2, 0.25) is 0 Å². The van der Waals surface area contributed by atoms with E-state index in [0.717, 1.165) is 24.4 Å². The number of nitrogens with one attached hydrogen (secondary N) is 1. The normalized spacial score (nSPS) is 24.0. The Bertz CT molecular complexity index is 381. The van der Waals surface area contributed by atoms with Gasteiger partial charge in [-0.25, -0.2) is 4.98 Å². The molecule has 4 heteroatoms. The molecule has 3 N–H and O–H groups in total. The molecule has 0 spiro atoms. The van der Waals surface area contributed by atoms with Gasteiger partial charge in [0.05, 0.1) is 6.10 Å². The number of rotatable bonds is 4. The number of hydrogen-bond donors (Lipinski definition) is 2. The summed E-state index contributed by atoms with van der Waals surface area (Å²) in [5.74, 6) is 1.62. The van der Waals surface area contributed by atoms with Crippen LogP contribution in [0.4, 0.5) is 5.82 Å². The molecular weight excluding hydrogens is 226 g/mol. The highest BCUT2D eigenvalue weighted by Crippen LogP contribution is 2.26. The second-order valence-electron chi connectivity index (χ2n) is 5.22. The van der Waals surface area contributed by atoms with Gasteiger partial charge in [-0.3, -0.25) is 0 Å². The maximum atomic E-state index is 6.15. The molecule has 0 radical (unpaired) electrons. The number of nitrogens with two attached hydrogens (primary N) is 1. The fourth-order valence-corrected chi connectivity index (χ4v) is 2.36. The summed E-state index contributed by atoms with van der Waals surface area (Å²) < 4.78 is 5.76. The molecular formula is C14H23N3O. The maximum absolute atomic E-state index is 6.15. The van der Waals surface area contributed by atoms with Crippen LogP contribution in [0.25, 0.3) is 0 Å². The number of nitrogens with zero attached hydrogens (tertiary/aromatic N) is 1. The lowest BCUT2D eigenvalue weighted by atomic mass is 9.91. The molecule has 0 bridgehead atoms. The Kier molecular flexibility index (Phi) is 4.42. The topological polar surface area (TPSA) is 60.2 Å². The summed E-state index contributed by atoms with van der Waals surface area (Å²) in [6.45, 7) is 4.03. The SMILES string of the molecule is CC(C)Oc1cccnc1NC1CCCCC1N. The third-order valence-corrected chi connectivity index (χ3v) is 3.27. The van der Waals surface area contributed by atoms with Crippen molar-refractivity contribution in [2.75, 3.05) is 5.32 Å². The van der Waals surface area contributed by atoms with Crippen LogP contribution in [0.3, 0.4) is 0 Å². The van der Waals surface area contributed by atoms with Crippen LogP contribution in [-0.2, 0) is 0 Å². The molecule has 2 rings (SSSR count). The zero-order chi connectivity index (χ0) is 13.0. The van der Waals surface area contributed by atoms with Gasteiger partial charge in [0.2, 0.25) is 0 Å². The van der Waals surface area contributed by atoms with Gasteiger partial charge < -0.3 is 15.8 Å². The summed E-state index contributed by atoms with van der Waals surface area (Å²) in [6.07, 6.45) is 6.60. The Morgan fingerprint density at radius 2 is 2.17 bits per heavy atom. The van der Waals surface area contributed by atoms with Crippen molar-refractivity contribution < 1.29 is 4.74 Å². The van der Waals surface area contributed by atoms with Crippen LogP contribution in [0, 0.1) is 0 Å². The van der Waals surface area contributed by atoms with Crippen LogP contribution < -0.4 is 15.8 Å². The molecule has 1 aliphatic carbocycles. The van der Waals surface area contributed by atoms with Gasteiger partial charge in [-0.05, 0) is 38.8 Å². The number of ether oxygens (including phenoxy) is 1. The lowest BCUT2D eigenvalue weighted by molar-refractivity contribution is 0.242. The number of aromatic nitrogens is 1. The first-order chi connectivity index (χ1) is 8.66. The van der Waals surface area contributed by atoms with Crippen molar-refractivity contribution in [2.24, 2.45) is 5.73 Å². The van der Waals surface area contributed by atoms with Crippen LogP contribution in [0.15, 0.2) is 18.3 Å². The zero-order valence-corrected chi connectivity index (χ0v) is 11.2. The van der Waals surface area contributed by atoms with Gasteiger partial charge in [0.25, 0.3) is 0 Å². The van der Waals surface area contributed by atoms with E-state index in [4.69, 9.17) is 10.5 Å². The van der Waals surface area contributed by atoms with Gasteiger partial charge >= 0.3 is 0 Å². The highest BCUT2D eigenvalue weighted by atomic mass is 16.5. The molecule has 1 aliphatic rings. The minimum Gasteiger partial charge on any atom is -0.487 e. The lowest BCUT2D eigenvalue weighted by Gasteiger charge is -2.30. The summed E-state index contributed by atoms with van der Waals surface area (Å²) in [6, 6.07) is 4.36. The highest BCUT2D eigenvalue weighted by molar-refractivity contribution is 5.50. The molecule has 0 aliphatic heterocycles. The molecule has 1 saturated carbocycles. The summed E-state index contributed by atoms with van der Waals surface area (Å²) in [5, 5.41) is 3.44. The monoisotopic (exact) mass is 249 g/mol. The molecule has 4 nitrogen and oxygen atoms in total. The van der Waals surface area contributed by atoms with Crippen LogP contribution in [0.5, 0.6) is 5.75 Å². The summed E-state index contributed by atoms with van der Waals surface area (Å²) in [7, 11) is 0. The lowest BCUT2D eigenvalue weighted by Crippen LogP contribution is -2.42. The molecule has 18 heavy (non-hydrogen) atoms. The third kappa shape index (κ3) is 3.35. The molecule has 0 aromatic carbocycles. The summed E-state index contributed by atoms with van der Waals surface area (Å²) >= 11 is 0. The molecule has 100 valence electrons. The Hall–Kier alpha value is -1.29. The van der Waals surface area contributed by atoms with Crippen molar-refractivity contribution in [1.82, 2.24) is 4.98 Å². The van der Waals surface area contributed by atoms with Crippen LogP contribution in [-0.4, -0.2) is 23.2 Å². The largest absolute Gasteiger partial charge is 0.487 e.